The number of aliphatic hydroxyl groups excluding tert-OH is 1. The Morgan fingerprint density at radius 2 is 2.07 bits per heavy atom. The molecule has 0 saturated carbocycles. The molecule has 9 heteroatoms. The van der Waals surface area contributed by atoms with Gasteiger partial charge in [0.05, 0.1) is 38.5 Å². The van der Waals surface area contributed by atoms with Gasteiger partial charge in [0.2, 0.25) is 17.7 Å². The van der Waals surface area contributed by atoms with E-state index < -0.39 is 12.0 Å². The molecule has 164 valence electrons. The fourth-order valence-electron chi connectivity index (χ4n) is 4.08. The summed E-state index contributed by atoms with van der Waals surface area (Å²) < 4.78 is 10.6. The lowest BCUT2D eigenvalue weighted by Crippen LogP contribution is -2.50. The minimum absolute atomic E-state index is 0.0517. The summed E-state index contributed by atoms with van der Waals surface area (Å²) in [6.07, 6.45) is 1.65. The second-order valence-corrected chi connectivity index (χ2v) is 7.68. The summed E-state index contributed by atoms with van der Waals surface area (Å²) in [6.45, 7) is 2.32. The smallest absolute Gasteiger partial charge is 0.245 e. The lowest BCUT2D eigenvalue weighted by molar-refractivity contribution is -0.138. The molecule has 2 aliphatic heterocycles. The summed E-state index contributed by atoms with van der Waals surface area (Å²) in [5.74, 6) is -0.229. The van der Waals surface area contributed by atoms with E-state index in [9.17, 15) is 19.5 Å². The Bertz CT molecular complexity index is 814. The number of anilines is 1. The van der Waals surface area contributed by atoms with Crippen LogP contribution in [-0.4, -0.2) is 73.7 Å². The maximum atomic E-state index is 12.8. The van der Waals surface area contributed by atoms with Crippen molar-refractivity contribution in [2.24, 2.45) is 5.92 Å². The molecule has 2 fully saturated rings. The Labute approximate surface area is 175 Å². The molecule has 30 heavy (non-hydrogen) atoms. The van der Waals surface area contributed by atoms with E-state index in [1.165, 1.54) is 19.1 Å². The lowest BCUT2D eigenvalue weighted by atomic mass is 10.1. The monoisotopic (exact) mass is 419 g/mol. The van der Waals surface area contributed by atoms with Crippen molar-refractivity contribution in [1.29, 1.82) is 0 Å². The Morgan fingerprint density at radius 3 is 2.73 bits per heavy atom. The topological polar surface area (TPSA) is 108 Å². The number of hydrogen-bond acceptors (Lipinski definition) is 6. The van der Waals surface area contributed by atoms with Crippen LogP contribution in [0.3, 0.4) is 0 Å². The average Bonchev–Trinajstić information content (AvgIpc) is 3.38. The molecule has 2 N–H and O–H groups in total. The number of methoxy groups -OCH3 is 2. The summed E-state index contributed by atoms with van der Waals surface area (Å²) in [6, 6.07) is 4.23. The third-order valence-corrected chi connectivity index (χ3v) is 5.77. The fraction of sp³-hybridized carbons (Fsp3) is 0.571. The van der Waals surface area contributed by atoms with Gasteiger partial charge in [-0.1, -0.05) is 0 Å². The van der Waals surface area contributed by atoms with Crippen LogP contribution in [0.5, 0.6) is 11.5 Å². The summed E-state index contributed by atoms with van der Waals surface area (Å²) in [5, 5.41) is 12.2. The van der Waals surface area contributed by atoms with E-state index in [1.807, 2.05) is 0 Å². The zero-order valence-electron chi connectivity index (χ0n) is 17.6. The van der Waals surface area contributed by atoms with E-state index >= 15 is 0 Å². The quantitative estimate of drug-likeness (QED) is 0.668. The number of hydrogen-bond donors (Lipinski definition) is 2. The van der Waals surface area contributed by atoms with Crippen LogP contribution in [0, 0.1) is 5.92 Å². The number of rotatable bonds is 7. The van der Waals surface area contributed by atoms with Crippen molar-refractivity contribution in [2.75, 3.05) is 38.8 Å². The van der Waals surface area contributed by atoms with Gasteiger partial charge >= 0.3 is 0 Å². The first kappa shape index (κ1) is 21.9. The van der Waals surface area contributed by atoms with Crippen molar-refractivity contribution in [2.45, 2.75) is 38.3 Å². The van der Waals surface area contributed by atoms with Gasteiger partial charge in [-0.3, -0.25) is 14.4 Å². The first-order valence-electron chi connectivity index (χ1n) is 10.1. The number of carbonyl (C=O) groups excluding carboxylic acids is 3. The Kier molecular flexibility index (Phi) is 6.81. The van der Waals surface area contributed by atoms with Crippen LogP contribution in [-0.2, 0) is 14.4 Å². The Hall–Kier alpha value is -2.81. The van der Waals surface area contributed by atoms with Gasteiger partial charge in [-0.15, -0.1) is 0 Å². The van der Waals surface area contributed by atoms with E-state index in [0.717, 1.165) is 12.8 Å². The van der Waals surface area contributed by atoms with E-state index in [0.29, 0.717) is 23.7 Å². The highest BCUT2D eigenvalue weighted by Crippen LogP contribution is 2.36. The minimum atomic E-state index is -0.722. The second-order valence-electron chi connectivity index (χ2n) is 7.68. The van der Waals surface area contributed by atoms with E-state index in [-0.39, 0.29) is 43.3 Å². The van der Waals surface area contributed by atoms with Gasteiger partial charge in [-0.25, -0.2) is 0 Å². The standard InChI is InChI=1S/C21H29N3O6/c1-13(21(28)23-8-4-5-15(23)12-25)22-20(27)14-9-19(26)24(11-14)17-10-16(29-2)6-7-18(17)30-3/h6-7,10,13-15,25H,4-5,8-9,11-12H2,1-3H3,(H,22,27). The SMILES string of the molecule is COc1ccc(OC)c(N2CC(C(=O)NC(C)C(=O)N3CCCC3CO)CC2=O)c1. The average molecular weight is 419 g/mol. The van der Waals surface area contributed by atoms with Gasteiger partial charge in [0.25, 0.3) is 0 Å². The molecule has 0 aliphatic carbocycles. The molecule has 1 aromatic carbocycles. The molecule has 3 unspecified atom stereocenters. The van der Waals surface area contributed by atoms with E-state index in [1.54, 1.807) is 30.0 Å². The van der Waals surface area contributed by atoms with Crippen LogP contribution in [0.25, 0.3) is 0 Å². The molecule has 2 heterocycles. The number of carbonyl (C=O) groups is 3. The molecule has 2 aliphatic rings. The van der Waals surface area contributed by atoms with Crippen molar-refractivity contribution >= 4 is 23.4 Å². The normalized spacial score (nSPS) is 22.2. The predicted molar refractivity (Wildman–Crippen MR) is 109 cm³/mol. The molecule has 0 spiro atoms. The van der Waals surface area contributed by atoms with E-state index in [4.69, 9.17) is 9.47 Å². The molecule has 3 amide bonds. The Balaban J connectivity index is 1.66. The largest absolute Gasteiger partial charge is 0.497 e. The number of likely N-dealkylation sites (tertiary alicyclic amines) is 1. The van der Waals surface area contributed by atoms with Crippen LogP contribution in [0.1, 0.15) is 26.2 Å². The molecule has 0 bridgehead atoms. The molecule has 9 nitrogen and oxygen atoms in total. The number of nitrogens with one attached hydrogen (secondary N) is 1. The first-order valence-corrected chi connectivity index (χ1v) is 10.1. The van der Waals surface area contributed by atoms with E-state index in [2.05, 4.69) is 5.32 Å². The second kappa shape index (κ2) is 9.34. The van der Waals surface area contributed by atoms with Gasteiger partial charge in [0, 0.05) is 25.6 Å². The van der Waals surface area contributed by atoms with Crippen molar-refractivity contribution in [1.82, 2.24) is 10.2 Å². The highest BCUT2D eigenvalue weighted by molar-refractivity contribution is 6.02. The highest BCUT2D eigenvalue weighted by atomic mass is 16.5. The van der Waals surface area contributed by atoms with Crippen LogP contribution >= 0.6 is 0 Å². The first-order chi connectivity index (χ1) is 14.4. The minimum Gasteiger partial charge on any atom is -0.497 e. The van der Waals surface area contributed by atoms with Crippen LogP contribution < -0.4 is 19.7 Å². The molecular formula is C21H29N3O6. The summed E-state index contributed by atoms with van der Waals surface area (Å²) in [5.41, 5.74) is 0.545. The number of aliphatic hydroxyl groups is 1. The molecule has 0 radical (unpaired) electrons. The maximum absolute atomic E-state index is 12.8. The zero-order valence-corrected chi connectivity index (χ0v) is 17.6. The zero-order chi connectivity index (χ0) is 21.8. The van der Waals surface area contributed by atoms with Gasteiger partial charge < -0.3 is 29.7 Å². The van der Waals surface area contributed by atoms with Crippen molar-refractivity contribution < 1.29 is 29.0 Å². The Morgan fingerprint density at radius 1 is 1.30 bits per heavy atom. The van der Waals surface area contributed by atoms with Crippen molar-refractivity contribution in [3.63, 3.8) is 0 Å². The van der Waals surface area contributed by atoms with Gasteiger partial charge in [0.1, 0.15) is 17.5 Å². The summed E-state index contributed by atoms with van der Waals surface area (Å²) in [4.78, 5) is 41.2. The number of ether oxygens (including phenoxy) is 2. The van der Waals surface area contributed by atoms with Crippen molar-refractivity contribution in [3.05, 3.63) is 18.2 Å². The molecule has 3 rings (SSSR count). The van der Waals surface area contributed by atoms with Gasteiger partial charge in [-0.2, -0.15) is 0 Å². The van der Waals surface area contributed by atoms with Crippen LogP contribution in [0.4, 0.5) is 5.69 Å². The highest BCUT2D eigenvalue weighted by Gasteiger charge is 2.38. The predicted octanol–water partition coefficient (Wildman–Crippen LogP) is 0.545. The maximum Gasteiger partial charge on any atom is 0.245 e. The third kappa shape index (κ3) is 4.35. The van der Waals surface area contributed by atoms with Crippen LogP contribution in [0.2, 0.25) is 0 Å². The van der Waals surface area contributed by atoms with Gasteiger partial charge in [0.15, 0.2) is 0 Å². The molecular weight excluding hydrogens is 390 g/mol. The number of nitrogens with zero attached hydrogens (tertiary/aromatic N) is 2. The van der Waals surface area contributed by atoms with Crippen molar-refractivity contribution in [3.8, 4) is 11.5 Å². The van der Waals surface area contributed by atoms with Crippen LogP contribution in [0.15, 0.2) is 18.2 Å². The fourth-order valence-corrected chi connectivity index (χ4v) is 4.08. The molecule has 0 aromatic heterocycles. The number of amides is 3. The molecule has 1 aromatic rings. The number of benzene rings is 1. The third-order valence-electron chi connectivity index (χ3n) is 5.77. The summed E-state index contributed by atoms with van der Waals surface area (Å²) in [7, 11) is 3.05. The summed E-state index contributed by atoms with van der Waals surface area (Å²) >= 11 is 0. The molecule has 2 saturated heterocycles. The van der Waals surface area contributed by atoms with Gasteiger partial charge in [-0.05, 0) is 31.9 Å². The lowest BCUT2D eigenvalue weighted by Gasteiger charge is -2.27. The molecule has 3 atom stereocenters.